The number of hydrogen-bond donors (Lipinski definition) is 0. The molecule has 1 heterocycles. The van der Waals surface area contributed by atoms with Crippen LogP contribution in [-0.2, 0) is 5.41 Å². The predicted octanol–water partition coefficient (Wildman–Crippen LogP) is 13.8. The molecule has 0 N–H and O–H groups in total. The highest BCUT2D eigenvalue weighted by molar-refractivity contribution is 6.17. The Labute approximate surface area is 297 Å². The zero-order valence-electron chi connectivity index (χ0n) is 28.6. The molecular formula is C49H35NO. The Morgan fingerprint density at radius 3 is 1.88 bits per heavy atom. The lowest BCUT2D eigenvalue weighted by Gasteiger charge is -2.30. The van der Waals surface area contributed by atoms with Gasteiger partial charge in [-0.05, 0) is 63.5 Å². The van der Waals surface area contributed by atoms with Crippen LogP contribution in [0.25, 0.3) is 66.1 Å². The van der Waals surface area contributed by atoms with Crippen molar-refractivity contribution in [1.29, 1.82) is 0 Å². The summed E-state index contributed by atoms with van der Waals surface area (Å²) in [7, 11) is 0. The summed E-state index contributed by atoms with van der Waals surface area (Å²) in [4.78, 5) is 2.46. The largest absolute Gasteiger partial charge is 0.455 e. The minimum absolute atomic E-state index is 0.118. The number of benzene rings is 8. The quantitative estimate of drug-likeness (QED) is 0.184. The predicted molar refractivity (Wildman–Crippen MR) is 214 cm³/mol. The molecule has 0 spiro atoms. The molecule has 1 aliphatic carbocycles. The third-order valence-electron chi connectivity index (χ3n) is 10.9. The van der Waals surface area contributed by atoms with E-state index in [0.717, 1.165) is 55.5 Å². The third kappa shape index (κ3) is 4.50. The minimum Gasteiger partial charge on any atom is -0.455 e. The van der Waals surface area contributed by atoms with Gasteiger partial charge < -0.3 is 9.32 Å². The summed E-state index contributed by atoms with van der Waals surface area (Å²) >= 11 is 0. The third-order valence-corrected chi connectivity index (χ3v) is 10.9. The lowest BCUT2D eigenvalue weighted by atomic mass is 9.82. The van der Waals surface area contributed by atoms with Crippen molar-refractivity contribution in [1.82, 2.24) is 0 Å². The van der Waals surface area contributed by atoms with Gasteiger partial charge in [-0.15, -0.1) is 0 Å². The van der Waals surface area contributed by atoms with E-state index in [-0.39, 0.29) is 5.41 Å². The molecule has 2 heteroatoms. The van der Waals surface area contributed by atoms with Gasteiger partial charge in [0.1, 0.15) is 11.2 Å². The van der Waals surface area contributed by atoms with Crippen LogP contribution >= 0.6 is 0 Å². The SMILES string of the molecule is CC1(C)c2ccccc2-c2c(N(c3ccc(-c4ccccc4)cc3)c3ccccc3-c3cccc4c3oc3c5ccccc5ccc43)cccc21. The fourth-order valence-electron chi connectivity index (χ4n) is 8.40. The summed E-state index contributed by atoms with van der Waals surface area (Å²) in [6.45, 7) is 4.70. The highest BCUT2D eigenvalue weighted by Crippen LogP contribution is 2.55. The lowest BCUT2D eigenvalue weighted by molar-refractivity contribution is 0.660. The van der Waals surface area contributed by atoms with Crippen LogP contribution in [-0.4, -0.2) is 0 Å². The molecule has 0 amide bonds. The first-order valence-electron chi connectivity index (χ1n) is 17.7. The van der Waals surface area contributed by atoms with Crippen molar-refractivity contribution in [2.45, 2.75) is 19.3 Å². The van der Waals surface area contributed by atoms with Gasteiger partial charge in [-0.1, -0.05) is 159 Å². The molecule has 9 aromatic rings. The van der Waals surface area contributed by atoms with E-state index in [1.54, 1.807) is 0 Å². The summed E-state index contributed by atoms with van der Waals surface area (Å²) in [5, 5.41) is 4.57. The molecule has 1 aromatic heterocycles. The van der Waals surface area contributed by atoms with Gasteiger partial charge in [0.15, 0.2) is 0 Å². The van der Waals surface area contributed by atoms with Gasteiger partial charge in [-0.3, -0.25) is 0 Å². The van der Waals surface area contributed by atoms with Crippen molar-refractivity contribution in [3.05, 3.63) is 187 Å². The molecule has 0 bridgehead atoms. The van der Waals surface area contributed by atoms with E-state index >= 15 is 0 Å². The standard InChI is InChI=1S/C49H35NO/c1-49(2)42-22-10-8-19-41(42)46-43(49)23-13-25-45(46)50(35-29-26-33(27-30-35)32-14-4-3-5-15-32)44-24-11-9-18-37(44)38-20-12-21-39-40-31-28-34-16-6-7-17-36(34)47(40)51-48(38)39/h3-31H,1-2H3. The molecule has 0 unspecified atom stereocenters. The average Bonchev–Trinajstić information content (AvgIpc) is 3.69. The monoisotopic (exact) mass is 653 g/mol. The van der Waals surface area contributed by atoms with Crippen molar-refractivity contribution >= 4 is 49.8 Å². The fourth-order valence-corrected chi connectivity index (χ4v) is 8.40. The number of rotatable bonds is 5. The molecule has 0 aliphatic heterocycles. The summed E-state index contributed by atoms with van der Waals surface area (Å²) in [6.07, 6.45) is 0. The second-order valence-electron chi connectivity index (χ2n) is 14.1. The maximum atomic E-state index is 6.89. The van der Waals surface area contributed by atoms with Crippen molar-refractivity contribution in [3.63, 3.8) is 0 Å². The molecule has 51 heavy (non-hydrogen) atoms. The number of fused-ring (bicyclic) bond motifs is 8. The van der Waals surface area contributed by atoms with Crippen LogP contribution in [0, 0.1) is 0 Å². The van der Waals surface area contributed by atoms with Gasteiger partial charge in [0.2, 0.25) is 0 Å². The Bertz CT molecular complexity index is 2770. The molecule has 2 nitrogen and oxygen atoms in total. The van der Waals surface area contributed by atoms with Gasteiger partial charge >= 0.3 is 0 Å². The summed E-state index contributed by atoms with van der Waals surface area (Å²) < 4.78 is 6.89. The van der Waals surface area contributed by atoms with Crippen LogP contribution in [0.15, 0.2) is 180 Å². The van der Waals surface area contributed by atoms with E-state index in [9.17, 15) is 0 Å². The Morgan fingerprint density at radius 2 is 1.02 bits per heavy atom. The van der Waals surface area contributed by atoms with Gasteiger partial charge in [0.05, 0.1) is 11.4 Å². The average molecular weight is 654 g/mol. The smallest absolute Gasteiger partial charge is 0.143 e. The highest BCUT2D eigenvalue weighted by atomic mass is 16.3. The second-order valence-corrected chi connectivity index (χ2v) is 14.1. The minimum atomic E-state index is -0.118. The van der Waals surface area contributed by atoms with E-state index in [4.69, 9.17) is 4.42 Å². The van der Waals surface area contributed by atoms with Crippen LogP contribution in [0.4, 0.5) is 17.1 Å². The first kappa shape index (κ1) is 29.5. The zero-order valence-corrected chi connectivity index (χ0v) is 28.6. The first-order valence-corrected chi connectivity index (χ1v) is 17.7. The number of nitrogens with zero attached hydrogens (tertiary/aromatic N) is 1. The van der Waals surface area contributed by atoms with E-state index < -0.39 is 0 Å². The summed E-state index contributed by atoms with van der Waals surface area (Å²) in [5.41, 5.74) is 14.9. The Balaban J connectivity index is 1.24. The van der Waals surface area contributed by atoms with Crippen LogP contribution < -0.4 is 4.90 Å². The van der Waals surface area contributed by atoms with Crippen molar-refractivity contribution in [3.8, 4) is 33.4 Å². The zero-order chi connectivity index (χ0) is 34.1. The van der Waals surface area contributed by atoms with Crippen LogP contribution in [0.3, 0.4) is 0 Å². The maximum Gasteiger partial charge on any atom is 0.143 e. The van der Waals surface area contributed by atoms with Gasteiger partial charge in [-0.25, -0.2) is 0 Å². The topological polar surface area (TPSA) is 16.4 Å². The maximum absolute atomic E-state index is 6.89. The Kier molecular flexibility index (Phi) is 6.56. The van der Waals surface area contributed by atoms with E-state index in [2.05, 4.69) is 195 Å². The van der Waals surface area contributed by atoms with Crippen molar-refractivity contribution < 1.29 is 4.42 Å². The number of anilines is 3. The summed E-state index contributed by atoms with van der Waals surface area (Å²) in [6, 6.07) is 63.5. The van der Waals surface area contributed by atoms with Crippen LogP contribution in [0.5, 0.6) is 0 Å². The summed E-state index contributed by atoms with van der Waals surface area (Å²) in [5.74, 6) is 0. The number of para-hydroxylation sites is 2. The Morgan fingerprint density at radius 1 is 0.412 bits per heavy atom. The molecule has 0 atom stereocenters. The molecular weight excluding hydrogens is 619 g/mol. The van der Waals surface area contributed by atoms with Crippen molar-refractivity contribution in [2.24, 2.45) is 0 Å². The van der Waals surface area contributed by atoms with Gasteiger partial charge in [0.25, 0.3) is 0 Å². The first-order chi connectivity index (χ1) is 25.1. The molecule has 0 saturated carbocycles. The lowest BCUT2D eigenvalue weighted by Crippen LogP contribution is -2.16. The molecule has 0 fully saturated rings. The fraction of sp³-hybridized carbons (Fsp3) is 0.0612. The Hall–Kier alpha value is -6.38. The van der Waals surface area contributed by atoms with E-state index in [1.165, 1.54) is 38.8 Å². The van der Waals surface area contributed by atoms with Crippen LogP contribution in [0.1, 0.15) is 25.0 Å². The molecule has 242 valence electrons. The molecule has 8 aromatic carbocycles. The highest BCUT2D eigenvalue weighted by Gasteiger charge is 2.38. The molecule has 1 aliphatic rings. The van der Waals surface area contributed by atoms with Gasteiger partial charge in [-0.2, -0.15) is 0 Å². The normalized spacial score (nSPS) is 13.1. The number of hydrogen-bond acceptors (Lipinski definition) is 2. The molecule has 0 radical (unpaired) electrons. The van der Waals surface area contributed by atoms with E-state index in [0.29, 0.717) is 0 Å². The second kappa shape index (κ2) is 11.3. The van der Waals surface area contributed by atoms with Crippen LogP contribution in [0.2, 0.25) is 0 Å². The molecule has 10 rings (SSSR count). The van der Waals surface area contributed by atoms with E-state index in [1.807, 2.05) is 0 Å². The number of furan rings is 1. The van der Waals surface area contributed by atoms with Gasteiger partial charge in [0, 0.05) is 44.0 Å². The molecule has 0 saturated heterocycles. The van der Waals surface area contributed by atoms with Crippen molar-refractivity contribution in [2.75, 3.05) is 4.90 Å².